The topological polar surface area (TPSA) is 6.48 Å². The van der Waals surface area contributed by atoms with Gasteiger partial charge in [-0.3, -0.25) is 0 Å². The molecule has 0 aromatic heterocycles. The quantitative estimate of drug-likeness (QED) is 0.107. The highest BCUT2D eigenvalue weighted by molar-refractivity contribution is 6.74. The van der Waals surface area contributed by atoms with E-state index in [1.165, 1.54) is 155 Å². The second-order valence-electron chi connectivity index (χ2n) is 20.4. The van der Waals surface area contributed by atoms with Gasteiger partial charge in [-0.25, -0.2) is 0 Å². The molecule has 4 aliphatic carbocycles. The molecule has 7 aromatic rings. The lowest BCUT2D eigenvalue weighted by Gasteiger charge is -2.30. The first kappa shape index (κ1) is 42.0. The van der Waals surface area contributed by atoms with Crippen LogP contribution in [0.1, 0.15) is 81.8 Å². The molecule has 3 saturated carbocycles. The Morgan fingerprint density at radius 2 is 0.662 bits per heavy atom. The molecule has 322 valence electrons. The summed E-state index contributed by atoms with van der Waals surface area (Å²) in [6, 6.07) is 62.9. The molecule has 5 heteroatoms. The molecule has 0 atom stereocenters. The number of hydrogen-bond donors (Lipinski definition) is 0. The molecule has 0 saturated heterocycles. The highest BCUT2D eigenvalue weighted by atomic mass is 15.1. The van der Waals surface area contributed by atoms with Crippen LogP contribution in [0, 0.1) is 0 Å². The Bertz CT molecular complexity index is 2720. The number of nitrogens with zero attached hydrogens (tertiary/aromatic N) is 2. The first-order valence-corrected chi connectivity index (χ1v) is 25.3. The van der Waals surface area contributed by atoms with E-state index in [0.717, 1.165) is 23.9 Å². The minimum Gasteiger partial charge on any atom is -0.310 e. The molecular formula is C60H63B3N2. The Morgan fingerprint density at radius 1 is 0.338 bits per heavy atom. The van der Waals surface area contributed by atoms with Crippen LogP contribution >= 0.6 is 0 Å². The van der Waals surface area contributed by atoms with Crippen LogP contribution in [0.4, 0.5) is 34.1 Å². The molecule has 2 nitrogen and oxygen atoms in total. The average molecular weight is 845 g/mol. The standard InChI is InChI=1S/C60H63B3N2/c1-61(47-14-7-8-15-47)50-22-30-54(31-23-50)64(53-28-20-44(21-29-53)43-12-5-4-6-13-43)57-36-38-59-45(41-57)40-46-42-58(37-39-60(46)59)65(56-34-26-52(27-35-56)63(3)49-18-11-19-49)55-32-24-51(25-33-55)62(2)48-16-9-10-17-48/h4-6,12-13,20-39,41-42,47-49H,7-11,14-19,40H2,1-3H3. The monoisotopic (exact) mass is 845 g/mol. The van der Waals surface area contributed by atoms with Gasteiger partial charge in [0.25, 0.3) is 0 Å². The molecule has 0 aliphatic heterocycles. The summed E-state index contributed by atoms with van der Waals surface area (Å²) >= 11 is 0. The number of rotatable bonds is 13. The summed E-state index contributed by atoms with van der Waals surface area (Å²) in [6.07, 6.45) is 16.0. The van der Waals surface area contributed by atoms with E-state index in [1.807, 2.05) is 0 Å². The highest BCUT2D eigenvalue weighted by Crippen LogP contribution is 2.45. The molecule has 4 aliphatic rings. The Morgan fingerprint density at radius 3 is 1.02 bits per heavy atom. The molecule has 3 fully saturated rings. The Hall–Kier alpha value is -5.67. The molecule has 7 aromatic carbocycles. The van der Waals surface area contributed by atoms with Gasteiger partial charge in [0.05, 0.1) is 0 Å². The predicted molar refractivity (Wildman–Crippen MR) is 285 cm³/mol. The van der Waals surface area contributed by atoms with E-state index in [-0.39, 0.29) is 0 Å². The van der Waals surface area contributed by atoms with Crippen molar-refractivity contribution in [2.75, 3.05) is 9.80 Å². The number of fused-ring (bicyclic) bond motifs is 3. The minimum absolute atomic E-state index is 0.592. The number of anilines is 6. The molecule has 0 bridgehead atoms. The third-order valence-electron chi connectivity index (χ3n) is 16.7. The van der Waals surface area contributed by atoms with Crippen molar-refractivity contribution in [2.45, 2.75) is 115 Å². The van der Waals surface area contributed by atoms with Gasteiger partial charge in [0.15, 0.2) is 20.1 Å². The van der Waals surface area contributed by atoms with Crippen LogP contribution in [0.3, 0.4) is 0 Å². The van der Waals surface area contributed by atoms with Crippen molar-refractivity contribution < 1.29 is 0 Å². The average Bonchev–Trinajstić information content (AvgIpc) is 4.15. The molecule has 0 radical (unpaired) electrons. The molecular weight excluding hydrogens is 781 g/mol. The fraction of sp³-hybridized carbons (Fsp3) is 0.300. The van der Waals surface area contributed by atoms with Crippen molar-refractivity contribution in [3.8, 4) is 22.3 Å². The summed E-state index contributed by atoms with van der Waals surface area (Å²) in [6.45, 7) is 9.12. The molecule has 0 unspecified atom stereocenters. The Kier molecular flexibility index (Phi) is 11.8. The van der Waals surface area contributed by atoms with Crippen LogP contribution in [0.5, 0.6) is 0 Å². The zero-order valence-electron chi connectivity index (χ0n) is 38.9. The largest absolute Gasteiger partial charge is 0.310 e. The molecule has 0 amide bonds. The molecule has 0 heterocycles. The fourth-order valence-corrected chi connectivity index (χ4v) is 12.2. The van der Waals surface area contributed by atoms with Crippen LogP contribution in [0.25, 0.3) is 22.3 Å². The van der Waals surface area contributed by atoms with Gasteiger partial charge in [0.2, 0.25) is 0 Å². The summed E-state index contributed by atoms with van der Waals surface area (Å²) in [5, 5.41) is 0. The van der Waals surface area contributed by atoms with Crippen LogP contribution < -0.4 is 26.2 Å². The second-order valence-corrected chi connectivity index (χ2v) is 20.4. The molecule has 0 N–H and O–H groups in total. The van der Waals surface area contributed by atoms with Gasteiger partial charge in [0.1, 0.15) is 0 Å². The van der Waals surface area contributed by atoms with Crippen molar-refractivity contribution in [1.82, 2.24) is 0 Å². The summed E-state index contributed by atoms with van der Waals surface area (Å²) in [5.41, 5.74) is 19.6. The zero-order chi connectivity index (χ0) is 43.9. The van der Waals surface area contributed by atoms with Crippen molar-refractivity contribution in [2.24, 2.45) is 0 Å². The van der Waals surface area contributed by atoms with Gasteiger partial charge >= 0.3 is 0 Å². The van der Waals surface area contributed by atoms with E-state index in [4.69, 9.17) is 0 Å². The third-order valence-corrected chi connectivity index (χ3v) is 16.7. The third kappa shape index (κ3) is 8.41. The Labute approximate surface area is 390 Å². The van der Waals surface area contributed by atoms with E-state index in [9.17, 15) is 0 Å². The molecule has 65 heavy (non-hydrogen) atoms. The van der Waals surface area contributed by atoms with E-state index in [1.54, 1.807) is 0 Å². The van der Waals surface area contributed by atoms with Crippen LogP contribution in [0.15, 0.2) is 164 Å². The van der Waals surface area contributed by atoms with Crippen LogP contribution in [-0.4, -0.2) is 20.1 Å². The van der Waals surface area contributed by atoms with E-state index >= 15 is 0 Å². The Balaban J connectivity index is 0.917. The maximum Gasteiger partial charge on any atom is 0.175 e. The lowest BCUT2D eigenvalue weighted by atomic mass is 9.35. The first-order valence-electron chi connectivity index (χ1n) is 25.3. The molecule has 0 spiro atoms. The lowest BCUT2D eigenvalue weighted by molar-refractivity contribution is 0.496. The second kappa shape index (κ2) is 18.3. The van der Waals surface area contributed by atoms with E-state index in [2.05, 4.69) is 194 Å². The summed E-state index contributed by atoms with van der Waals surface area (Å²) in [4.78, 5) is 4.95. The SMILES string of the molecule is CB(c1ccc(N(c2ccc(B(C)C3CCC3)cc2)c2ccc3c(c2)Cc2cc(N(c4ccc(B(C)C5CCCC5)cc4)c4ccc(-c5ccccc5)cc4)ccc2-3)cc1)C1CCCC1. The van der Waals surface area contributed by atoms with E-state index in [0.29, 0.717) is 20.1 Å². The summed E-state index contributed by atoms with van der Waals surface area (Å²) < 4.78 is 0. The number of benzene rings is 7. The van der Waals surface area contributed by atoms with Crippen LogP contribution in [-0.2, 0) is 6.42 Å². The molecule has 11 rings (SSSR count). The van der Waals surface area contributed by atoms with Gasteiger partial charge in [-0.1, -0.05) is 216 Å². The normalized spacial score (nSPS) is 15.9. The van der Waals surface area contributed by atoms with Gasteiger partial charge in [-0.05, 0) is 113 Å². The maximum atomic E-state index is 2.49. The summed E-state index contributed by atoms with van der Waals surface area (Å²) in [7, 11) is 0. The van der Waals surface area contributed by atoms with Crippen LogP contribution in [0.2, 0.25) is 37.9 Å². The zero-order valence-corrected chi connectivity index (χ0v) is 38.9. The lowest BCUT2D eigenvalue weighted by Crippen LogP contribution is -2.35. The fourth-order valence-electron chi connectivity index (χ4n) is 12.2. The predicted octanol–water partition coefficient (Wildman–Crippen LogP) is 15.3. The summed E-state index contributed by atoms with van der Waals surface area (Å²) in [5.74, 6) is 2.44. The number of hydrogen-bond acceptors (Lipinski definition) is 2. The van der Waals surface area contributed by atoms with Gasteiger partial charge in [0, 0.05) is 34.1 Å². The van der Waals surface area contributed by atoms with Gasteiger partial charge in [-0.15, -0.1) is 0 Å². The minimum atomic E-state index is 0.592. The van der Waals surface area contributed by atoms with Crippen molar-refractivity contribution in [3.05, 3.63) is 175 Å². The van der Waals surface area contributed by atoms with Crippen molar-refractivity contribution in [3.63, 3.8) is 0 Å². The van der Waals surface area contributed by atoms with Crippen molar-refractivity contribution >= 4 is 70.7 Å². The van der Waals surface area contributed by atoms with Crippen molar-refractivity contribution in [1.29, 1.82) is 0 Å². The van der Waals surface area contributed by atoms with Gasteiger partial charge < -0.3 is 9.80 Å². The highest BCUT2D eigenvalue weighted by Gasteiger charge is 2.30. The van der Waals surface area contributed by atoms with Gasteiger partial charge in [-0.2, -0.15) is 0 Å². The smallest absolute Gasteiger partial charge is 0.175 e. The maximum absolute atomic E-state index is 2.49. The van der Waals surface area contributed by atoms with E-state index < -0.39 is 0 Å². The first-order chi connectivity index (χ1) is 31.9.